The van der Waals surface area contributed by atoms with Crippen LogP contribution in [0.2, 0.25) is 0 Å². The lowest BCUT2D eigenvalue weighted by molar-refractivity contribution is -0.302. The zero-order chi connectivity index (χ0) is 10.9. The van der Waals surface area contributed by atoms with E-state index in [1.54, 1.807) is 0 Å². The molecule has 0 aliphatic heterocycles. The van der Waals surface area contributed by atoms with Gasteiger partial charge in [0.15, 0.2) is 0 Å². The van der Waals surface area contributed by atoms with Gasteiger partial charge in [-0.3, -0.25) is 0 Å². The van der Waals surface area contributed by atoms with Gasteiger partial charge in [0, 0.05) is 5.57 Å². The van der Waals surface area contributed by atoms with E-state index in [9.17, 15) is 31.9 Å². The highest BCUT2D eigenvalue weighted by atomic mass is 19.4. The number of carboxylic acids is 1. The highest BCUT2D eigenvalue weighted by Gasteiger charge is 2.45. The number of carbonyl (C=O) groups excluding carboxylic acids is 1. The van der Waals surface area contributed by atoms with Crippen molar-refractivity contribution in [2.75, 3.05) is 0 Å². The zero-order valence-electron chi connectivity index (χ0n) is 6.12. The molecule has 0 aromatic carbocycles. The molecule has 0 saturated carbocycles. The predicted octanol–water partition coefficient (Wildman–Crippen LogP) is 0.880. The van der Waals surface area contributed by atoms with Crippen molar-refractivity contribution in [2.24, 2.45) is 0 Å². The summed E-state index contributed by atoms with van der Waals surface area (Å²) < 4.78 is 59.0. The number of hydrogen-bond donors (Lipinski definition) is 0. The Balaban J connectivity index is 4.59. The topological polar surface area (TPSA) is 40.1 Å². The molecular weight excluding hydrogens is 199 g/mol. The standard InChI is InChI=1S/C6H5F5O2/c1-3(4(12)13)5(7,8)2-6(9,10)11/h1-2H2,(H,12,13)/p-1. The van der Waals surface area contributed by atoms with E-state index in [1.807, 2.05) is 0 Å². The van der Waals surface area contributed by atoms with Gasteiger partial charge in [-0.2, -0.15) is 13.2 Å². The van der Waals surface area contributed by atoms with E-state index in [0.717, 1.165) is 0 Å². The average molecular weight is 203 g/mol. The van der Waals surface area contributed by atoms with Crippen molar-refractivity contribution in [3.8, 4) is 0 Å². The first kappa shape index (κ1) is 11.9. The van der Waals surface area contributed by atoms with E-state index in [-0.39, 0.29) is 0 Å². The van der Waals surface area contributed by atoms with E-state index >= 15 is 0 Å². The summed E-state index contributed by atoms with van der Waals surface area (Å²) in [6, 6.07) is 0. The van der Waals surface area contributed by atoms with Crippen LogP contribution in [-0.4, -0.2) is 18.1 Å². The Morgan fingerprint density at radius 1 is 1.23 bits per heavy atom. The highest BCUT2D eigenvalue weighted by Crippen LogP contribution is 2.35. The molecule has 0 heterocycles. The quantitative estimate of drug-likeness (QED) is 0.504. The monoisotopic (exact) mass is 203 g/mol. The summed E-state index contributed by atoms with van der Waals surface area (Å²) >= 11 is 0. The summed E-state index contributed by atoms with van der Waals surface area (Å²) in [5, 5.41) is 9.77. The minimum atomic E-state index is -5.15. The Kier molecular flexibility index (Phi) is 3.02. The van der Waals surface area contributed by atoms with Gasteiger partial charge in [-0.1, -0.05) is 6.58 Å². The van der Waals surface area contributed by atoms with Crippen molar-refractivity contribution in [3.63, 3.8) is 0 Å². The van der Waals surface area contributed by atoms with Gasteiger partial charge in [0.2, 0.25) is 0 Å². The fourth-order valence-corrected chi connectivity index (χ4v) is 0.508. The van der Waals surface area contributed by atoms with Crippen molar-refractivity contribution in [1.29, 1.82) is 0 Å². The molecule has 2 nitrogen and oxygen atoms in total. The smallest absolute Gasteiger partial charge is 0.395 e. The maximum absolute atomic E-state index is 12.3. The summed E-state index contributed by atoms with van der Waals surface area (Å²) in [6.07, 6.45) is -7.70. The Morgan fingerprint density at radius 3 is 1.85 bits per heavy atom. The molecule has 13 heavy (non-hydrogen) atoms. The molecule has 0 spiro atoms. The van der Waals surface area contributed by atoms with Crippen LogP contribution in [0.5, 0.6) is 0 Å². The summed E-state index contributed by atoms with van der Waals surface area (Å²) in [7, 11) is 0. The van der Waals surface area contributed by atoms with Crippen LogP contribution < -0.4 is 5.11 Å². The number of aliphatic carboxylic acids is 1. The van der Waals surface area contributed by atoms with Crippen LogP contribution in [0.4, 0.5) is 22.0 Å². The van der Waals surface area contributed by atoms with Gasteiger partial charge < -0.3 is 9.90 Å². The minimum absolute atomic E-state index is 1.87. The molecule has 0 fully saturated rings. The second kappa shape index (κ2) is 3.31. The summed E-state index contributed by atoms with van der Waals surface area (Å²) in [6.45, 7) is 2.30. The lowest BCUT2D eigenvalue weighted by Crippen LogP contribution is -2.37. The van der Waals surface area contributed by atoms with Crippen molar-refractivity contribution >= 4 is 5.97 Å². The van der Waals surface area contributed by atoms with Crippen molar-refractivity contribution in [2.45, 2.75) is 18.5 Å². The number of alkyl halides is 5. The third-order valence-corrected chi connectivity index (χ3v) is 1.11. The molecule has 0 rings (SSSR count). The number of halogens is 5. The van der Waals surface area contributed by atoms with Gasteiger partial charge >= 0.3 is 6.18 Å². The number of carbonyl (C=O) groups is 1. The number of rotatable bonds is 3. The Morgan fingerprint density at radius 2 is 1.62 bits per heavy atom. The summed E-state index contributed by atoms with van der Waals surface area (Å²) in [5.74, 6) is -6.91. The van der Waals surface area contributed by atoms with Gasteiger partial charge in [0.25, 0.3) is 5.92 Å². The average Bonchev–Trinajstić information content (AvgIpc) is 1.80. The van der Waals surface area contributed by atoms with Gasteiger partial charge in [0.05, 0.1) is 5.97 Å². The second-order valence-corrected chi connectivity index (χ2v) is 2.26. The van der Waals surface area contributed by atoms with E-state index in [0.29, 0.717) is 0 Å². The molecule has 7 heteroatoms. The molecule has 0 amide bonds. The molecule has 0 N–H and O–H groups in total. The lowest BCUT2D eigenvalue weighted by atomic mass is 10.1. The zero-order valence-corrected chi connectivity index (χ0v) is 6.12. The van der Waals surface area contributed by atoms with Crippen molar-refractivity contribution in [3.05, 3.63) is 12.2 Å². The fourth-order valence-electron chi connectivity index (χ4n) is 0.508. The molecule has 0 aromatic heterocycles. The van der Waals surface area contributed by atoms with Crippen LogP contribution in [0, 0.1) is 0 Å². The third kappa shape index (κ3) is 3.86. The number of hydrogen-bond acceptors (Lipinski definition) is 2. The van der Waals surface area contributed by atoms with Crippen molar-refractivity contribution < 1.29 is 31.9 Å². The highest BCUT2D eigenvalue weighted by molar-refractivity contribution is 5.85. The molecular formula is C6H4F5O2-. The van der Waals surface area contributed by atoms with Gasteiger partial charge in [-0.25, -0.2) is 8.78 Å². The van der Waals surface area contributed by atoms with E-state index in [4.69, 9.17) is 0 Å². The first-order chi connectivity index (χ1) is 5.56. The Bertz CT molecular complexity index is 230. The molecule has 0 radical (unpaired) electrons. The van der Waals surface area contributed by atoms with Gasteiger partial charge in [-0.05, 0) is 0 Å². The van der Waals surface area contributed by atoms with Crippen LogP contribution in [0.1, 0.15) is 6.42 Å². The van der Waals surface area contributed by atoms with Crippen LogP contribution in [0.3, 0.4) is 0 Å². The van der Waals surface area contributed by atoms with Gasteiger partial charge in [0.1, 0.15) is 6.42 Å². The molecule has 0 unspecified atom stereocenters. The maximum atomic E-state index is 12.3. The molecule has 76 valence electrons. The first-order valence-corrected chi connectivity index (χ1v) is 2.91. The van der Waals surface area contributed by atoms with Crippen LogP contribution in [0.25, 0.3) is 0 Å². The maximum Gasteiger partial charge on any atom is 0.395 e. The van der Waals surface area contributed by atoms with E-state index in [2.05, 4.69) is 6.58 Å². The molecule has 0 aromatic rings. The second-order valence-electron chi connectivity index (χ2n) is 2.26. The predicted molar refractivity (Wildman–Crippen MR) is 29.8 cm³/mol. The summed E-state index contributed by atoms with van der Waals surface area (Å²) in [5.41, 5.74) is -1.87. The van der Waals surface area contributed by atoms with Crippen molar-refractivity contribution in [1.82, 2.24) is 0 Å². The Hall–Kier alpha value is -1.14. The Labute approximate surface area is 69.7 Å². The minimum Gasteiger partial charge on any atom is -0.545 e. The van der Waals surface area contributed by atoms with Crippen LogP contribution in [0.15, 0.2) is 12.2 Å². The number of carboxylic acid groups (broad SMARTS) is 1. The van der Waals surface area contributed by atoms with Crippen LogP contribution in [-0.2, 0) is 4.79 Å². The molecule has 0 bridgehead atoms. The third-order valence-electron chi connectivity index (χ3n) is 1.11. The van der Waals surface area contributed by atoms with Gasteiger partial charge in [-0.15, -0.1) is 0 Å². The van der Waals surface area contributed by atoms with Crippen LogP contribution >= 0.6 is 0 Å². The van der Waals surface area contributed by atoms with E-state index in [1.165, 1.54) is 0 Å². The SMILES string of the molecule is C=C(C(=O)[O-])C(F)(F)CC(F)(F)F. The molecule has 0 atom stereocenters. The van der Waals surface area contributed by atoms with E-state index < -0.39 is 30.1 Å². The molecule has 0 aliphatic rings. The molecule has 0 aliphatic carbocycles. The first-order valence-electron chi connectivity index (χ1n) is 2.91. The largest absolute Gasteiger partial charge is 0.545 e. The lowest BCUT2D eigenvalue weighted by Gasteiger charge is -2.20. The molecule has 0 saturated heterocycles. The normalized spacial score (nSPS) is 12.7. The fraction of sp³-hybridized carbons (Fsp3) is 0.500. The summed E-state index contributed by atoms with van der Waals surface area (Å²) in [4.78, 5) is 9.77.